The van der Waals surface area contributed by atoms with Gasteiger partial charge in [0.1, 0.15) is 16.4 Å². The van der Waals surface area contributed by atoms with Crippen molar-refractivity contribution in [2.45, 2.75) is 19.8 Å². The van der Waals surface area contributed by atoms with E-state index in [0.29, 0.717) is 28.2 Å². The standard InChI is InChI=1S/C15H11Cl2N3O3S/c1-2-3-8-6-19-13(7-21)14(18-15(19)24-8)9-4-12(20(22)23)11(17)5-10(9)16/h4-7H,2-3H2,1H3. The van der Waals surface area contributed by atoms with Crippen LogP contribution in [0.4, 0.5) is 5.69 Å². The summed E-state index contributed by atoms with van der Waals surface area (Å²) in [7, 11) is 0. The molecule has 0 bridgehead atoms. The molecule has 6 nitrogen and oxygen atoms in total. The van der Waals surface area contributed by atoms with Gasteiger partial charge in [0.15, 0.2) is 11.2 Å². The number of fused-ring (bicyclic) bond motifs is 1. The number of hydrogen-bond donors (Lipinski definition) is 0. The van der Waals surface area contributed by atoms with Gasteiger partial charge in [-0.25, -0.2) is 4.98 Å². The van der Waals surface area contributed by atoms with Crippen LogP contribution in [0.1, 0.15) is 28.7 Å². The van der Waals surface area contributed by atoms with E-state index >= 15 is 0 Å². The van der Waals surface area contributed by atoms with Crippen molar-refractivity contribution in [2.24, 2.45) is 0 Å². The number of aromatic nitrogens is 2. The largest absolute Gasteiger partial charge is 0.296 e. The number of nitro benzene ring substituents is 1. The average molecular weight is 384 g/mol. The zero-order valence-corrected chi connectivity index (χ0v) is 14.8. The zero-order valence-electron chi connectivity index (χ0n) is 12.5. The first kappa shape index (κ1) is 16.9. The molecule has 0 aliphatic heterocycles. The number of imidazole rings is 1. The lowest BCUT2D eigenvalue weighted by Crippen LogP contribution is -1.94. The van der Waals surface area contributed by atoms with Gasteiger partial charge in [-0.15, -0.1) is 11.3 Å². The number of carbonyl (C=O) groups is 1. The molecule has 0 saturated heterocycles. The lowest BCUT2D eigenvalue weighted by atomic mass is 10.1. The van der Waals surface area contributed by atoms with Crippen LogP contribution >= 0.6 is 34.5 Å². The predicted octanol–water partition coefficient (Wildman–Crippen LogP) is 5.04. The summed E-state index contributed by atoms with van der Waals surface area (Å²) in [5.74, 6) is 0. The van der Waals surface area contributed by atoms with Gasteiger partial charge in [-0.2, -0.15) is 0 Å². The number of nitro groups is 1. The van der Waals surface area contributed by atoms with Gasteiger partial charge in [-0.3, -0.25) is 19.3 Å². The van der Waals surface area contributed by atoms with E-state index in [4.69, 9.17) is 23.2 Å². The lowest BCUT2D eigenvalue weighted by Gasteiger charge is -2.04. The highest BCUT2D eigenvalue weighted by Crippen LogP contribution is 2.38. The third kappa shape index (κ3) is 2.79. The van der Waals surface area contributed by atoms with Crippen LogP contribution in [0.25, 0.3) is 16.2 Å². The summed E-state index contributed by atoms with van der Waals surface area (Å²) in [6, 6.07) is 2.54. The first-order valence-electron chi connectivity index (χ1n) is 7.06. The Hall–Kier alpha value is -1.96. The molecule has 0 aliphatic carbocycles. The van der Waals surface area contributed by atoms with Gasteiger partial charge >= 0.3 is 0 Å². The van der Waals surface area contributed by atoms with E-state index in [-0.39, 0.29) is 15.7 Å². The van der Waals surface area contributed by atoms with E-state index in [2.05, 4.69) is 11.9 Å². The Morgan fingerprint density at radius 3 is 2.75 bits per heavy atom. The normalized spacial score (nSPS) is 11.1. The lowest BCUT2D eigenvalue weighted by molar-refractivity contribution is -0.384. The molecule has 0 amide bonds. The molecule has 1 aromatic carbocycles. The van der Waals surface area contributed by atoms with Gasteiger partial charge in [0.2, 0.25) is 0 Å². The number of halogens is 2. The summed E-state index contributed by atoms with van der Waals surface area (Å²) >= 11 is 13.5. The molecular formula is C15H11Cl2N3O3S. The molecule has 0 spiro atoms. The maximum absolute atomic E-state index is 11.6. The van der Waals surface area contributed by atoms with E-state index in [1.165, 1.54) is 23.5 Å². The van der Waals surface area contributed by atoms with Crippen molar-refractivity contribution >= 4 is 51.5 Å². The fourth-order valence-electron chi connectivity index (χ4n) is 2.44. The first-order valence-corrected chi connectivity index (χ1v) is 8.63. The van der Waals surface area contributed by atoms with Gasteiger partial charge < -0.3 is 0 Å². The van der Waals surface area contributed by atoms with Gasteiger partial charge in [-0.05, 0) is 12.5 Å². The van der Waals surface area contributed by atoms with Crippen LogP contribution in [0.15, 0.2) is 18.3 Å². The number of hydrogen-bond acceptors (Lipinski definition) is 5. The number of nitrogens with zero attached hydrogens (tertiary/aromatic N) is 3. The Morgan fingerprint density at radius 1 is 1.38 bits per heavy atom. The van der Waals surface area contributed by atoms with Crippen molar-refractivity contribution in [1.29, 1.82) is 0 Å². The van der Waals surface area contributed by atoms with Crippen LogP contribution < -0.4 is 0 Å². The van der Waals surface area contributed by atoms with Crippen molar-refractivity contribution in [3.05, 3.63) is 49.1 Å². The minimum atomic E-state index is -0.597. The van der Waals surface area contributed by atoms with Crippen molar-refractivity contribution in [2.75, 3.05) is 0 Å². The molecule has 0 saturated carbocycles. The summed E-state index contributed by atoms with van der Waals surface area (Å²) in [5, 5.41) is 11.2. The van der Waals surface area contributed by atoms with E-state index < -0.39 is 4.92 Å². The monoisotopic (exact) mass is 383 g/mol. The predicted molar refractivity (Wildman–Crippen MR) is 94.6 cm³/mol. The molecule has 9 heteroatoms. The van der Waals surface area contributed by atoms with Crippen molar-refractivity contribution in [3.8, 4) is 11.3 Å². The number of benzene rings is 1. The van der Waals surface area contributed by atoms with Crippen LogP contribution in [0.3, 0.4) is 0 Å². The fraction of sp³-hybridized carbons (Fsp3) is 0.200. The topological polar surface area (TPSA) is 77.5 Å². The van der Waals surface area contributed by atoms with Gasteiger partial charge in [-0.1, -0.05) is 36.5 Å². The van der Waals surface area contributed by atoms with E-state index in [9.17, 15) is 14.9 Å². The van der Waals surface area contributed by atoms with Crippen LogP contribution in [0.5, 0.6) is 0 Å². The van der Waals surface area contributed by atoms with Crippen LogP contribution in [-0.4, -0.2) is 20.6 Å². The summed E-state index contributed by atoms with van der Waals surface area (Å²) in [5.41, 5.74) is 0.643. The Kier molecular flexibility index (Phi) is 4.58. The SMILES string of the molecule is CCCc1cn2c(C=O)c(-c3cc([N+](=O)[O-])c(Cl)cc3Cl)nc2s1. The van der Waals surface area contributed by atoms with Crippen molar-refractivity contribution < 1.29 is 9.72 Å². The number of carbonyl (C=O) groups excluding carboxylic acids is 1. The molecule has 2 heterocycles. The maximum atomic E-state index is 11.6. The van der Waals surface area contributed by atoms with Crippen LogP contribution in [0.2, 0.25) is 10.0 Å². The molecule has 24 heavy (non-hydrogen) atoms. The average Bonchev–Trinajstić information content (AvgIpc) is 3.04. The number of aryl methyl sites for hydroxylation is 1. The molecule has 2 aromatic heterocycles. The Labute approximate surface area is 150 Å². The molecule has 0 aliphatic rings. The molecule has 0 radical (unpaired) electrons. The summed E-state index contributed by atoms with van der Waals surface area (Å²) < 4.78 is 1.69. The van der Waals surface area contributed by atoms with Crippen LogP contribution in [-0.2, 0) is 6.42 Å². The molecular weight excluding hydrogens is 373 g/mol. The molecule has 3 rings (SSSR count). The minimum Gasteiger partial charge on any atom is -0.296 e. The minimum absolute atomic E-state index is 0.0624. The molecule has 3 aromatic rings. The second kappa shape index (κ2) is 6.51. The Bertz CT molecular complexity index is 965. The van der Waals surface area contributed by atoms with E-state index in [1.807, 2.05) is 6.20 Å². The summed E-state index contributed by atoms with van der Waals surface area (Å²) in [6.07, 6.45) is 4.42. The molecule has 0 atom stereocenters. The highest BCUT2D eigenvalue weighted by atomic mass is 35.5. The number of thiazole rings is 1. The smallest absolute Gasteiger partial charge is 0.288 e. The molecule has 0 unspecified atom stereocenters. The third-order valence-corrected chi connectivity index (χ3v) is 5.17. The maximum Gasteiger partial charge on any atom is 0.288 e. The molecule has 0 N–H and O–H groups in total. The fourth-order valence-corrected chi connectivity index (χ4v) is 4.07. The zero-order chi connectivity index (χ0) is 17.4. The van der Waals surface area contributed by atoms with Gasteiger partial charge in [0.05, 0.1) is 9.95 Å². The molecule has 124 valence electrons. The van der Waals surface area contributed by atoms with Gasteiger partial charge in [0, 0.05) is 22.7 Å². The number of aldehydes is 1. The van der Waals surface area contributed by atoms with E-state index in [0.717, 1.165) is 17.7 Å². The third-order valence-electron chi connectivity index (χ3n) is 3.51. The first-order chi connectivity index (χ1) is 11.5. The highest BCUT2D eigenvalue weighted by Gasteiger charge is 2.22. The molecule has 0 fully saturated rings. The summed E-state index contributed by atoms with van der Waals surface area (Å²) in [6.45, 7) is 2.07. The summed E-state index contributed by atoms with van der Waals surface area (Å²) in [4.78, 5) is 28.3. The van der Waals surface area contributed by atoms with Crippen LogP contribution in [0, 0.1) is 10.1 Å². The van der Waals surface area contributed by atoms with E-state index in [1.54, 1.807) is 4.40 Å². The Morgan fingerprint density at radius 2 is 2.12 bits per heavy atom. The number of rotatable bonds is 5. The second-order valence-electron chi connectivity index (χ2n) is 5.10. The van der Waals surface area contributed by atoms with Gasteiger partial charge in [0.25, 0.3) is 5.69 Å². The Balaban J connectivity index is 2.22. The van der Waals surface area contributed by atoms with Crippen molar-refractivity contribution in [1.82, 2.24) is 9.38 Å². The van der Waals surface area contributed by atoms with Crippen molar-refractivity contribution in [3.63, 3.8) is 0 Å². The second-order valence-corrected chi connectivity index (χ2v) is 7.01. The quantitative estimate of drug-likeness (QED) is 0.351. The highest BCUT2D eigenvalue weighted by molar-refractivity contribution is 7.17.